The Morgan fingerprint density at radius 1 is 1.10 bits per heavy atom. The van der Waals surface area contributed by atoms with Gasteiger partial charge in [0.05, 0.1) is 17.7 Å². The molecule has 7 heteroatoms. The highest BCUT2D eigenvalue weighted by atomic mass is 32.2. The number of benzene rings is 2. The van der Waals surface area contributed by atoms with Crippen LogP contribution in [0.4, 0.5) is 0 Å². The van der Waals surface area contributed by atoms with Gasteiger partial charge in [0.2, 0.25) is 0 Å². The van der Waals surface area contributed by atoms with Gasteiger partial charge < -0.3 is 13.9 Å². The number of aromatic nitrogens is 1. The van der Waals surface area contributed by atoms with E-state index in [0.29, 0.717) is 28.0 Å². The predicted octanol–water partition coefficient (Wildman–Crippen LogP) is 5.14. The van der Waals surface area contributed by atoms with Crippen molar-refractivity contribution in [2.45, 2.75) is 24.3 Å². The number of hydrogen-bond acceptors (Lipinski definition) is 5. The van der Waals surface area contributed by atoms with E-state index in [9.17, 15) is 9.35 Å². The second kappa shape index (κ2) is 10.9. The van der Waals surface area contributed by atoms with E-state index in [2.05, 4.69) is 6.07 Å². The summed E-state index contributed by atoms with van der Waals surface area (Å²) in [6, 6.07) is 19.2. The monoisotopic (exact) mass is 450 g/mol. The minimum atomic E-state index is -1.27. The van der Waals surface area contributed by atoms with Crippen LogP contribution in [0.3, 0.4) is 0 Å². The first-order chi connectivity index (χ1) is 15.0. The van der Waals surface area contributed by atoms with Crippen molar-refractivity contribution in [3.05, 3.63) is 71.5 Å². The molecule has 0 saturated heterocycles. The third kappa shape index (κ3) is 5.61. The van der Waals surface area contributed by atoms with Crippen molar-refractivity contribution in [3.8, 4) is 28.3 Å². The summed E-state index contributed by atoms with van der Waals surface area (Å²) < 4.78 is 20.2. The molecule has 0 amide bonds. The summed E-state index contributed by atoms with van der Waals surface area (Å²) in [5.74, 6) is 0.0261. The molecule has 0 aliphatic heterocycles. The largest absolute Gasteiger partial charge is 0.611 e. The van der Waals surface area contributed by atoms with E-state index >= 15 is 0 Å². The molecule has 3 aromatic rings. The molecule has 0 spiro atoms. The fourth-order valence-corrected chi connectivity index (χ4v) is 4.84. The third-order valence-electron chi connectivity index (χ3n) is 4.74. The lowest BCUT2D eigenvalue weighted by molar-refractivity contribution is -0.141. The number of nitrogens with zero attached hydrogens (tertiary/aromatic N) is 2. The molecule has 5 nitrogen and oxygen atoms in total. The van der Waals surface area contributed by atoms with Gasteiger partial charge in [0.15, 0.2) is 4.90 Å². The molecule has 0 aliphatic carbocycles. The fraction of sp³-hybridized carbons (Fsp3) is 0.208. The van der Waals surface area contributed by atoms with Crippen LogP contribution in [-0.2, 0) is 27.3 Å². The van der Waals surface area contributed by atoms with Gasteiger partial charge in [0.25, 0.3) is 0 Å². The molecule has 31 heavy (non-hydrogen) atoms. The first kappa shape index (κ1) is 22.8. The second-order valence-corrected chi connectivity index (χ2v) is 8.78. The van der Waals surface area contributed by atoms with Crippen LogP contribution in [-0.4, -0.2) is 28.0 Å². The Bertz CT molecular complexity index is 1150. The standard InChI is InChI=1S/C24H22N2O3S2/c1-29-23(27)17-26-15-20(18-9-3-2-4-10-18)24(30)21(16-26)19-11-5-6-12-22(19)31(28)14-8-7-13-25/h2-6,9-12,15-16H,7-8,14,17H2,1H3. The minimum Gasteiger partial charge on any atom is -0.611 e. The number of carbonyl (C=O) groups excluding carboxylic acids is 1. The Kier molecular flexibility index (Phi) is 8.01. The molecule has 0 bridgehead atoms. The summed E-state index contributed by atoms with van der Waals surface area (Å²) >= 11 is 4.56. The molecule has 0 N–H and O–H groups in total. The maximum Gasteiger partial charge on any atom is 0.325 e. The number of carbonyl (C=O) groups is 1. The number of nitriles is 1. The summed E-state index contributed by atoms with van der Waals surface area (Å²) in [7, 11) is 1.35. The van der Waals surface area contributed by atoms with Crippen LogP contribution >= 0.6 is 12.2 Å². The molecule has 1 atom stereocenters. The Balaban J connectivity index is 2.15. The zero-order chi connectivity index (χ0) is 22.2. The predicted molar refractivity (Wildman–Crippen MR) is 124 cm³/mol. The van der Waals surface area contributed by atoms with Gasteiger partial charge in [-0.2, -0.15) is 5.26 Å². The van der Waals surface area contributed by atoms with E-state index < -0.39 is 11.2 Å². The zero-order valence-electron chi connectivity index (χ0n) is 17.1. The molecule has 1 aromatic heterocycles. The Morgan fingerprint density at radius 2 is 1.77 bits per heavy atom. The quantitative estimate of drug-likeness (QED) is 0.206. The number of unbranched alkanes of at least 4 members (excludes halogenated alkanes) is 1. The van der Waals surface area contributed by atoms with E-state index in [0.717, 1.165) is 22.3 Å². The lowest BCUT2D eigenvalue weighted by Crippen LogP contribution is -2.13. The maximum absolute atomic E-state index is 13.0. The van der Waals surface area contributed by atoms with Crippen molar-refractivity contribution in [2.24, 2.45) is 0 Å². The Hall–Kier alpha value is -2.92. The molecule has 0 fully saturated rings. The molecule has 0 saturated carbocycles. The first-order valence-electron chi connectivity index (χ1n) is 9.76. The number of hydrogen-bond donors (Lipinski definition) is 0. The molecule has 158 valence electrons. The summed E-state index contributed by atoms with van der Waals surface area (Å²) in [4.78, 5) is 12.6. The van der Waals surface area contributed by atoms with Crippen molar-refractivity contribution in [1.29, 1.82) is 5.26 Å². The first-order valence-corrected chi connectivity index (χ1v) is 11.5. The van der Waals surface area contributed by atoms with Crippen molar-refractivity contribution in [1.82, 2.24) is 4.57 Å². The van der Waals surface area contributed by atoms with E-state index in [1.807, 2.05) is 60.8 Å². The van der Waals surface area contributed by atoms with Gasteiger partial charge in [-0.05, 0) is 28.9 Å². The molecule has 1 unspecified atom stereocenters. The normalized spacial score (nSPS) is 11.5. The van der Waals surface area contributed by atoms with Crippen LogP contribution in [0, 0.1) is 15.8 Å². The van der Waals surface area contributed by atoms with Crippen molar-refractivity contribution < 1.29 is 14.1 Å². The molecule has 0 aliphatic rings. The van der Waals surface area contributed by atoms with Crippen LogP contribution in [0.15, 0.2) is 71.9 Å². The van der Waals surface area contributed by atoms with Crippen molar-refractivity contribution in [3.63, 3.8) is 0 Å². The molecule has 0 radical (unpaired) electrons. The van der Waals surface area contributed by atoms with Crippen LogP contribution in [0.25, 0.3) is 22.3 Å². The van der Waals surface area contributed by atoms with E-state index in [4.69, 9.17) is 22.2 Å². The van der Waals surface area contributed by atoms with Crippen LogP contribution in [0.1, 0.15) is 12.8 Å². The number of esters is 1. The molecule has 3 rings (SSSR count). The molecule has 2 aromatic carbocycles. The van der Waals surface area contributed by atoms with Crippen LogP contribution < -0.4 is 0 Å². The molecule has 1 heterocycles. The lowest BCUT2D eigenvalue weighted by atomic mass is 10.0. The van der Waals surface area contributed by atoms with Gasteiger partial charge in [-0.3, -0.25) is 4.79 Å². The zero-order valence-corrected chi connectivity index (χ0v) is 18.7. The van der Waals surface area contributed by atoms with E-state index in [1.165, 1.54) is 7.11 Å². The summed E-state index contributed by atoms with van der Waals surface area (Å²) in [6.07, 6.45) is 4.56. The third-order valence-corrected chi connectivity index (χ3v) is 6.69. The maximum atomic E-state index is 13.0. The fourth-order valence-electron chi connectivity index (χ4n) is 3.23. The molecular weight excluding hydrogens is 428 g/mol. The van der Waals surface area contributed by atoms with Gasteiger partial charge in [-0.25, -0.2) is 0 Å². The summed E-state index contributed by atoms with van der Waals surface area (Å²) in [5, 5.41) is 8.78. The summed E-state index contributed by atoms with van der Waals surface area (Å²) in [5.41, 5.74) is 3.23. The number of methoxy groups -OCH3 is 1. The Labute approximate surface area is 190 Å². The highest BCUT2D eigenvalue weighted by Crippen LogP contribution is 2.33. The second-order valence-electron chi connectivity index (χ2n) is 6.84. The van der Waals surface area contributed by atoms with E-state index in [1.54, 1.807) is 10.8 Å². The van der Waals surface area contributed by atoms with Gasteiger partial charge in [-0.1, -0.05) is 54.7 Å². The average Bonchev–Trinajstić information content (AvgIpc) is 2.80. The highest BCUT2D eigenvalue weighted by molar-refractivity contribution is 7.91. The van der Waals surface area contributed by atoms with Crippen molar-refractivity contribution >= 4 is 29.4 Å². The van der Waals surface area contributed by atoms with Gasteiger partial charge >= 0.3 is 5.97 Å². The van der Waals surface area contributed by atoms with E-state index in [-0.39, 0.29) is 12.5 Å². The van der Waals surface area contributed by atoms with Gasteiger partial charge in [0.1, 0.15) is 12.3 Å². The number of pyridine rings is 1. The number of ether oxygens (including phenoxy) is 1. The van der Waals surface area contributed by atoms with Gasteiger partial charge in [-0.15, -0.1) is 0 Å². The topological polar surface area (TPSA) is 78.1 Å². The van der Waals surface area contributed by atoms with Crippen LogP contribution in [0.5, 0.6) is 0 Å². The Morgan fingerprint density at radius 3 is 2.48 bits per heavy atom. The minimum absolute atomic E-state index is 0.0341. The number of rotatable bonds is 8. The lowest BCUT2D eigenvalue weighted by Gasteiger charge is -2.17. The van der Waals surface area contributed by atoms with Crippen molar-refractivity contribution in [2.75, 3.05) is 12.9 Å². The highest BCUT2D eigenvalue weighted by Gasteiger charge is 2.20. The molecular formula is C24H22N2O3S2. The summed E-state index contributed by atoms with van der Waals surface area (Å²) in [6.45, 7) is 0.0341. The average molecular weight is 451 g/mol. The smallest absolute Gasteiger partial charge is 0.325 e. The SMILES string of the molecule is COC(=O)Cn1cc(-c2ccccc2)c(=S)c(-c2ccccc2[S+]([O-])CCCC#N)c1. The van der Waals surface area contributed by atoms with Gasteiger partial charge in [0, 0.05) is 41.9 Å². The van der Waals surface area contributed by atoms with Crippen LogP contribution in [0.2, 0.25) is 0 Å².